The van der Waals surface area contributed by atoms with Crippen molar-refractivity contribution in [2.45, 2.75) is 13.8 Å². The first-order chi connectivity index (χ1) is 8.97. The Labute approximate surface area is 125 Å². The predicted molar refractivity (Wildman–Crippen MR) is 83.0 cm³/mol. The fraction of sp³-hybridized carbons (Fsp3) is 0.133. The van der Waals surface area contributed by atoms with E-state index in [4.69, 9.17) is 11.6 Å². The summed E-state index contributed by atoms with van der Waals surface area (Å²) < 4.78 is 0.763. The lowest BCUT2D eigenvalue weighted by molar-refractivity contribution is 0.102. The molecule has 2 nitrogen and oxygen atoms in total. The fourth-order valence-corrected chi connectivity index (χ4v) is 2.54. The van der Waals surface area contributed by atoms with E-state index in [-0.39, 0.29) is 5.91 Å². The quantitative estimate of drug-likeness (QED) is 0.823. The Hall–Kier alpha value is -1.32. The van der Waals surface area contributed by atoms with Crippen molar-refractivity contribution in [1.82, 2.24) is 0 Å². The molecule has 0 radical (unpaired) electrons. The summed E-state index contributed by atoms with van der Waals surface area (Å²) in [6, 6.07) is 11.1. The zero-order valence-corrected chi connectivity index (χ0v) is 13.0. The standard InChI is InChI=1S/C15H13BrClNO/c1-9-3-4-10(2)12(7-9)15(19)18-14-6-5-11(17)8-13(14)16/h3-8H,1-2H3,(H,18,19). The van der Waals surface area contributed by atoms with E-state index in [1.165, 1.54) is 0 Å². The Balaban J connectivity index is 2.28. The van der Waals surface area contributed by atoms with Crippen LogP contribution in [0.3, 0.4) is 0 Å². The molecule has 4 heteroatoms. The first-order valence-corrected chi connectivity index (χ1v) is 6.98. The zero-order valence-electron chi connectivity index (χ0n) is 10.6. The third kappa shape index (κ3) is 3.37. The summed E-state index contributed by atoms with van der Waals surface area (Å²) >= 11 is 9.26. The maximum absolute atomic E-state index is 12.3. The molecule has 0 saturated heterocycles. The van der Waals surface area contributed by atoms with Crippen LogP contribution in [-0.2, 0) is 0 Å². The van der Waals surface area contributed by atoms with E-state index in [0.717, 1.165) is 15.6 Å². The number of aryl methyl sites for hydroxylation is 2. The van der Waals surface area contributed by atoms with Gasteiger partial charge in [-0.1, -0.05) is 29.3 Å². The maximum Gasteiger partial charge on any atom is 0.255 e. The van der Waals surface area contributed by atoms with Gasteiger partial charge in [-0.15, -0.1) is 0 Å². The number of anilines is 1. The van der Waals surface area contributed by atoms with Crippen molar-refractivity contribution < 1.29 is 4.79 Å². The molecule has 0 spiro atoms. The summed E-state index contributed by atoms with van der Waals surface area (Å²) in [6.45, 7) is 3.89. The van der Waals surface area contributed by atoms with Crippen LogP contribution in [0.1, 0.15) is 21.5 Å². The van der Waals surface area contributed by atoms with Crippen LogP contribution in [0.4, 0.5) is 5.69 Å². The number of hydrogen-bond acceptors (Lipinski definition) is 1. The van der Waals surface area contributed by atoms with Gasteiger partial charge in [-0.2, -0.15) is 0 Å². The van der Waals surface area contributed by atoms with Gasteiger partial charge in [0.25, 0.3) is 5.91 Å². The summed E-state index contributed by atoms with van der Waals surface area (Å²) in [7, 11) is 0. The van der Waals surface area contributed by atoms with Crippen LogP contribution in [0.25, 0.3) is 0 Å². The summed E-state index contributed by atoms with van der Waals surface area (Å²) in [5.41, 5.74) is 3.40. The number of carbonyl (C=O) groups excluding carboxylic acids is 1. The number of hydrogen-bond donors (Lipinski definition) is 1. The summed E-state index contributed by atoms with van der Waals surface area (Å²) in [6.07, 6.45) is 0. The van der Waals surface area contributed by atoms with Gasteiger partial charge in [0.05, 0.1) is 5.69 Å². The van der Waals surface area contributed by atoms with Gasteiger partial charge >= 0.3 is 0 Å². The van der Waals surface area contributed by atoms with Gasteiger partial charge in [0.15, 0.2) is 0 Å². The molecule has 2 aromatic carbocycles. The summed E-state index contributed by atoms with van der Waals surface area (Å²) in [4.78, 5) is 12.3. The average molecular weight is 339 g/mol. The third-order valence-electron chi connectivity index (χ3n) is 2.82. The molecule has 2 rings (SSSR count). The van der Waals surface area contributed by atoms with Crippen LogP contribution >= 0.6 is 27.5 Å². The van der Waals surface area contributed by atoms with Crippen LogP contribution in [0, 0.1) is 13.8 Å². The molecular weight excluding hydrogens is 326 g/mol. The molecule has 1 N–H and O–H groups in total. The molecule has 0 aromatic heterocycles. The van der Waals surface area contributed by atoms with Crippen molar-refractivity contribution in [2.24, 2.45) is 0 Å². The highest BCUT2D eigenvalue weighted by Crippen LogP contribution is 2.26. The van der Waals surface area contributed by atoms with E-state index in [2.05, 4.69) is 21.2 Å². The molecule has 0 aliphatic rings. The van der Waals surface area contributed by atoms with E-state index in [9.17, 15) is 4.79 Å². The molecule has 0 fully saturated rings. The smallest absolute Gasteiger partial charge is 0.255 e. The number of benzene rings is 2. The maximum atomic E-state index is 12.3. The lowest BCUT2D eigenvalue weighted by Crippen LogP contribution is -2.13. The molecule has 0 aliphatic carbocycles. The van der Waals surface area contributed by atoms with E-state index < -0.39 is 0 Å². The minimum Gasteiger partial charge on any atom is -0.321 e. The number of halogens is 2. The second-order valence-corrected chi connectivity index (χ2v) is 5.69. The molecule has 0 saturated carbocycles. The van der Waals surface area contributed by atoms with Crippen LogP contribution in [0.5, 0.6) is 0 Å². The monoisotopic (exact) mass is 337 g/mol. The van der Waals surface area contributed by atoms with Crippen molar-refractivity contribution >= 4 is 39.1 Å². The Morgan fingerprint density at radius 2 is 1.89 bits per heavy atom. The van der Waals surface area contributed by atoms with Crippen LogP contribution in [0.2, 0.25) is 5.02 Å². The molecule has 2 aromatic rings. The molecule has 0 heterocycles. The van der Waals surface area contributed by atoms with Gasteiger partial charge in [-0.3, -0.25) is 4.79 Å². The van der Waals surface area contributed by atoms with Crippen LogP contribution in [-0.4, -0.2) is 5.91 Å². The summed E-state index contributed by atoms with van der Waals surface area (Å²) in [5.74, 6) is -0.121. The van der Waals surface area contributed by atoms with Crippen LogP contribution in [0.15, 0.2) is 40.9 Å². The molecule has 98 valence electrons. The third-order valence-corrected chi connectivity index (χ3v) is 3.71. The van der Waals surface area contributed by atoms with Gasteiger partial charge in [-0.25, -0.2) is 0 Å². The van der Waals surface area contributed by atoms with Crippen molar-refractivity contribution in [2.75, 3.05) is 5.32 Å². The average Bonchev–Trinajstić information content (AvgIpc) is 2.35. The van der Waals surface area contributed by atoms with Gasteiger partial charge in [-0.05, 0) is 59.6 Å². The van der Waals surface area contributed by atoms with E-state index in [0.29, 0.717) is 16.3 Å². The van der Waals surface area contributed by atoms with E-state index in [1.54, 1.807) is 18.2 Å². The first-order valence-electron chi connectivity index (χ1n) is 5.81. The second-order valence-electron chi connectivity index (χ2n) is 4.40. The Kier molecular flexibility index (Phi) is 4.27. The minimum atomic E-state index is -0.121. The van der Waals surface area contributed by atoms with Gasteiger partial charge in [0, 0.05) is 15.1 Å². The van der Waals surface area contributed by atoms with E-state index in [1.807, 2.05) is 32.0 Å². The van der Waals surface area contributed by atoms with Gasteiger partial charge in [0.2, 0.25) is 0 Å². The number of nitrogens with one attached hydrogen (secondary N) is 1. The van der Waals surface area contributed by atoms with Crippen molar-refractivity contribution in [3.05, 3.63) is 62.6 Å². The van der Waals surface area contributed by atoms with E-state index >= 15 is 0 Å². The highest BCUT2D eigenvalue weighted by Gasteiger charge is 2.11. The van der Waals surface area contributed by atoms with Crippen LogP contribution < -0.4 is 5.32 Å². The number of carbonyl (C=O) groups is 1. The van der Waals surface area contributed by atoms with Crippen molar-refractivity contribution in [3.8, 4) is 0 Å². The summed E-state index contributed by atoms with van der Waals surface area (Å²) in [5, 5.41) is 3.50. The van der Waals surface area contributed by atoms with Gasteiger partial charge < -0.3 is 5.32 Å². The van der Waals surface area contributed by atoms with Gasteiger partial charge in [0.1, 0.15) is 0 Å². The normalized spacial score (nSPS) is 10.3. The molecule has 0 bridgehead atoms. The Morgan fingerprint density at radius 1 is 1.16 bits per heavy atom. The lowest BCUT2D eigenvalue weighted by atomic mass is 10.1. The highest BCUT2D eigenvalue weighted by molar-refractivity contribution is 9.10. The zero-order chi connectivity index (χ0) is 14.0. The first kappa shape index (κ1) is 14.1. The predicted octanol–water partition coefficient (Wildman–Crippen LogP) is 4.97. The molecule has 0 unspecified atom stereocenters. The van der Waals surface area contributed by atoms with Crippen molar-refractivity contribution in [3.63, 3.8) is 0 Å². The largest absolute Gasteiger partial charge is 0.321 e. The topological polar surface area (TPSA) is 29.1 Å². The SMILES string of the molecule is Cc1ccc(C)c(C(=O)Nc2ccc(Cl)cc2Br)c1. The molecule has 0 atom stereocenters. The minimum absolute atomic E-state index is 0.121. The lowest BCUT2D eigenvalue weighted by Gasteiger charge is -2.10. The number of rotatable bonds is 2. The van der Waals surface area contributed by atoms with Crippen molar-refractivity contribution in [1.29, 1.82) is 0 Å². The second kappa shape index (κ2) is 5.76. The molecule has 19 heavy (non-hydrogen) atoms. The fourth-order valence-electron chi connectivity index (χ4n) is 1.76. The highest BCUT2D eigenvalue weighted by atomic mass is 79.9. The Morgan fingerprint density at radius 3 is 2.58 bits per heavy atom. The molecule has 1 amide bonds. The Bertz CT molecular complexity index is 640. The number of amides is 1. The molecular formula is C15H13BrClNO. The molecule has 0 aliphatic heterocycles.